The van der Waals surface area contributed by atoms with Crippen LogP contribution >= 0.6 is 11.6 Å². The summed E-state index contributed by atoms with van der Waals surface area (Å²) in [7, 11) is 3.63. The van der Waals surface area contributed by atoms with Crippen molar-refractivity contribution in [2.24, 2.45) is 5.41 Å². The van der Waals surface area contributed by atoms with Gasteiger partial charge in [0, 0.05) is 31.6 Å². The molecular formula is C24H39ClN6O3. The van der Waals surface area contributed by atoms with E-state index in [0.29, 0.717) is 25.5 Å². The molecule has 0 aromatic carbocycles. The zero-order chi connectivity index (χ0) is 25.5. The van der Waals surface area contributed by atoms with E-state index in [9.17, 15) is 10.1 Å². The highest BCUT2D eigenvalue weighted by Gasteiger charge is 2.51. The van der Waals surface area contributed by atoms with Crippen molar-refractivity contribution in [2.75, 3.05) is 58.3 Å². The van der Waals surface area contributed by atoms with E-state index in [1.54, 1.807) is 4.90 Å². The molecule has 1 aromatic rings. The van der Waals surface area contributed by atoms with Gasteiger partial charge in [0.25, 0.3) is 0 Å². The van der Waals surface area contributed by atoms with Crippen LogP contribution in [0.2, 0.25) is 5.15 Å². The number of likely N-dealkylation sites (tertiary alicyclic amines) is 2. The summed E-state index contributed by atoms with van der Waals surface area (Å²) < 4.78 is 10.5. The first-order valence-corrected chi connectivity index (χ1v) is 12.4. The van der Waals surface area contributed by atoms with Crippen LogP contribution in [0.1, 0.15) is 59.4 Å². The van der Waals surface area contributed by atoms with Gasteiger partial charge < -0.3 is 24.2 Å². The second-order valence-electron chi connectivity index (χ2n) is 9.83. The maximum atomic E-state index is 12.2. The number of ether oxygens (including phenoxy) is 2. The Morgan fingerprint density at radius 2 is 1.74 bits per heavy atom. The highest BCUT2D eigenvalue weighted by molar-refractivity contribution is 6.30. The molecule has 0 aliphatic carbocycles. The lowest BCUT2D eigenvalue weighted by Gasteiger charge is -2.47. The predicted molar refractivity (Wildman–Crippen MR) is 133 cm³/mol. The van der Waals surface area contributed by atoms with Crippen LogP contribution in [-0.2, 0) is 4.74 Å². The highest BCUT2D eigenvalue weighted by Crippen LogP contribution is 2.42. The van der Waals surface area contributed by atoms with Gasteiger partial charge in [-0.1, -0.05) is 25.4 Å². The Kier molecular flexibility index (Phi) is 9.77. The van der Waals surface area contributed by atoms with Crippen LogP contribution in [0, 0.1) is 16.7 Å². The second kappa shape index (κ2) is 11.9. The number of methoxy groups -OCH3 is 1. The molecule has 0 unspecified atom stereocenters. The fourth-order valence-corrected chi connectivity index (χ4v) is 4.49. The zero-order valence-electron chi connectivity index (χ0n) is 21.6. The number of anilines is 1. The summed E-state index contributed by atoms with van der Waals surface area (Å²) in [4.78, 5) is 26.5. The van der Waals surface area contributed by atoms with Crippen LogP contribution in [-0.4, -0.2) is 84.9 Å². The molecule has 0 atom stereocenters. The number of rotatable bonds is 2. The van der Waals surface area contributed by atoms with Gasteiger partial charge in [-0.15, -0.1) is 0 Å². The molecule has 3 fully saturated rings. The van der Waals surface area contributed by atoms with Gasteiger partial charge >= 0.3 is 12.1 Å². The van der Waals surface area contributed by atoms with E-state index >= 15 is 0 Å². The van der Waals surface area contributed by atoms with Crippen LogP contribution in [0.15, 0.2) is 0 Å². The van der Waals surface area contributed by atoms with Crippen molar-refractivity contribution in [1.82, 2.24) is 19.8 Å². The molecule has 190 valence electrons. The molecule has 1 aromatic heterocycles. The molecule has 1 amide bonds. The van der Waals surface area contributed by atoms with Gasteiger partial charge in [0.1, 0.15) is 17.2 Å². The quantitative estimate of drug-likeness (QED) is 0.564. The number of aromatic nitrogens is 2. The summed E-state index contributed by atoms with van der Waals surface area (Å²) >= 11 is 6.09. The van der Waals surface area contributed by atoms with Crippen molar-refractivity contribution in [3.63, 3.8) is 0 Å². The topological polar surface area (TPSA) is 94.8 Å². The molecule has 3 saturated heterocycles. The molecular weight excluding hydrogens is 456 g/mol. The lowest BCUT2D eigenvalue weighted by molar-refractivity contribution is -0.0266. The molecule has 0 saturated carbocycles. The number of carbonyl (C=O) groups excluding carboxylic acids is 1. The molecule has 9 nitrogen and oxygen atoms in total. The van der Waals surface area contributed by atoms with Crippen molar-refractivity contribution >= 4 is 23.5 Å². The van der Waals surface area contributed by atoms with E-state index in [4.69, 9.17) is 21.1 Å². The Morgan fingerprint density at radius 3 is 2.21 bits per heavy atom. The number of nitriles is 1. The van der Waals surface area contributed by atoms with E-state index in [2.05, 4.69) is 28.0 Å². The van der Waals surface area contributed by atoms with E-state index in [1.165, 1.54) is 33.0 Å². The molecule has 34 heavy (non-hydrogen) atoms. The SMILES string of the molecule is CC.CN1CCCC1.COc1nc(Cl)c(C#N)c(N2CCC3(CN(C(=O)OC(C)(C)C)C3)C2)n1. The third-order valence-electron chi connectivity index (χ3n) is 5.89. The smallest absolute Gasteiger partial charge is 0.410 e. The van der Waals surface area contributed by atoms with Gasteiger partial charge in [0.2, 0.25) is 0 Å². The van der Waals surface area contributed by atoms with Crippen molar-refractivity contribution in [3.8, 4) is 12.1 Å². The normalized spacial score (nSPS) is 18.8. The van der Waals surface area contributed by atoms with Gasteiger partial charge in [-0.25, -0.2) is 4.79 Å². The first-order chi connectivity index (χ1) is 16.1. The minimum absolute atomic E-state index is 0.00566. The maximum Gasteiger partial charge on any atom is 0.410 e. The first-order valence-electron chi connectivity index (χ1n) is 12.0. The molecule has 0 bridgehead atoms. The Hall–Kier alpha value is -2.31. The summed E-state index contributed by atoms with van der Waals surface area (Å²) in [6.45, 7) is 14.9. The molecule has 10 heteroatoms. The zero-order valence-corrected chi connectivity index (χ0v) is 22.4. The van der Waals surface area contributed by atoms with Crippen LogP contribution in [0.25, 0.3) is 0 Å². The summed E-state index contributed by atoms with van der Waals surface area (Å²) in [5, 5.41) is 9.48. The number of nitrogens with zero attached hydrogens (tertiary/aromatic N) is 6. The van der Waals surface area contributed by atoms with E-state index < -0.39 is 5.60 Å². The number of carbonyl (C=O) groups is 1. The second-order valence-corrected chi connectivity index (χ2v) is 10.2. The lowest BCUT2D eigenvalue weighted by Crippen LogP contribution is -2.60. The Bertz CT molecular complexity index is 871. The number of hydrogen-bond donors (Lipinski definition) is 0. The molecule has 1 spiro atoms. The molecule has 3 aliphatic rings. The molecule has 4 heterocycles. The largest absolute Gasteiger partial charge is 0.467 e. The maximum absolute atomic E-state index is 12.2. The summed E-state index contributed by atoms with van der Waals surface area (Å²) in [6.07, 6.45) is 3.44. The Morgan fingerprint density at radius 1 is 1.12 bits per heavy atom. The third-order valence-corrected chi connectivity index (χ3v) is 6.16. The highest BCUT2D eigenvalue weighted by atomic mass is 35.5. The van der Waals surface area contributed by atoms with Gasteiger partial charge in [-0.05, 0) is 60.2 Å². The number of hydrogen-bond acceptors (Lipinski definition) is 8. The first kappa shape index (κ1) is 27.9. The predicted octanol–water partition coefficient (Wildman–Crippen LogP) is 4.20. The number of amides is 1. The van der Waals surface area contributed by atoms with Crippen molar-refractivity contribution in [1.29, 1.82) is 5.26 Å². The summed E-state index contributed by atoms with van der Waals surface area (Å²) in [5.74, 6) is 0.483. The van der Waals surface area contributed by atoms with Crippen molar-refractivity contribution in [2.45, 2.75) is 59.5 Å². The Balaban J connectivity index is 0.000000437. The van der Waals surface area contributed by atoms with E-state index in [1.807, 2.05) is 39.5 Å². The lowest BCUT2D eigenvalue weighted by atomic mass is 9.79. The van der Waals surface area contributed by atoms with Crippen molar-refractivity contribution < 1.29 is 14.3 Å². The number of halogens is 1. The van der Waals surface area contributed by atoms with Crippen LogP contribution in [0.3, 0.4) is 0 Å². The average Bonchev–Trinajstić information content (AvgIpc) is 3.42. The minimum atomic E-state index is -0.502. The fourth-order valence-electron chi connectivity index (χ4n) is 4.29. The molecule has 3 aliphatic heterocycles. The minimum Gasteiger partial charge on any atom is -0.467 e. The molecule has 4 rings (SSSR count). The average molecular weight is 495 g/mol. The van der Waals surface area contributed by atoms with Crippen LogP contribution in [0.4, 0.5) is 10.6 Å². The van der Waals surface area contributed by atoms with E-state index in [-0.39, 0.29) is 28.2 Å². The van der Waals surface area contributed by atoms with Crippen molar-refractivity contribution in [3.05, 3.63) is 10.7 Å². The third kappa shape index (κ3) is 7.09. The fraction of sp³-hybridized carbons (Fsp3) is 0.750. The van der Waals surface area contributed by atoms with Gasteiger partial charge in [0.15, 0.2) is 11.0 Å². The summed E-state index contributed by atoms with van der Waals surface area (Å²) in [6, 6.07) is 2.20. The molecule has 0 radical (unpaired) electrons. The van der Waals surface area contributed by atoms with Crippen LogP contribution in [0.5, 0.6) is 6.01 Å². The monoisotopic (exact) mass is 494 g/mol. The standard InChI is InChI=1S/C17H22ClN5O3.C5H11N.C2H6/c1-16(2,3)26-15(24)23-9-17(10-23)5-6-22(8-17)13-11(7-19)12(18)20-14(21-13)25-4;1-6-4-2-3-5-6;1-2/h5-6,8-10H2,1-4H3;2-5H2,1H3;1-2H3. The molecule has 0 N–H and O–H groups in total. The van der Waals surface area contributed by atoms with Gasteiger partial charge in [0.05, 0.1) is 7.11 Å². The van der Waals surface area contributed by atoms with Crippen LogP contribution < -0.4 is 9.64 Å². The van der Waals surface area contributed by atoms with Gasteiger partial charge in [-0.2, -0.15) is 15.2 Å². The summed E-state index contributed by atoms with van der Waals surface area (Å²) in [5.41, 5.74) is -0.265. The van der Waals surface area contributed by atoms with E-state index in [0.717, 1.165) is 13.0 Å². The Labute approximate surface area is 209 Å². The van der Waals surface area contributed by atoms with Gasteiger partial charge in [-0.3, -0.25) is 0 Å².